The van der Waals surface area contributed by atoms with E-state index < -0.39 is 20.0 Å². The lowest BCUT2D eigenvalue weighted by Crippen LogP contribution is -2.47. The minimum Gasteiger partial charge on any atom is -0.756 e. The highest BCUT2D eigenvalue weighted by atomic mass is 31.2. The minimum absolute atomic E-state index is 0.0236. The monoisotopic (exact) mass is 977 g/mol. The molecule has 0 rings (SSSR count). The molecule has 10 heteroatoms. The molecule has 3 atom stereocenters. The molecule has 0 aromatic rings. The second-order valence-corrected chi connectivity index (χ2v) is 21.9. The number of hydrogen-bond donors (Lipinski definition) is 1. The van der Waals surface area contributed by atoms with E-state index in [-0.39, 0.29) is 31.5 Å². The first-order chi connectivity index (χ1) is 32.9. The number of nitrogens with zero attached hydrogens (tertiary/aromatic N) is 1. The lowest BCUT2D eigenvalue weighted by molar-refractivity contribution is -0.870. The number of esters is 1. The van der Waals surface area contributed by atoms with Crippen LogP contribution in [-0.2, 0) is 27.9 Å². The Hall–Kier alpha value is -2.03. The zero-order chi connectivity index (χ0) is 50.1. The molecule has 398 valence electrons. The third-order valence-corrected chi connectivity index (χ3v) is 13.5. The smallest absolute Gasteiger partial charge is 0.306 e. The Bertz CT molecular complexity index is 1310. The van der Waals surface area contributed by atoms with Crippen molar-refractivity contribution in [2.24, 2.45) is 0 Å². The third-order valence-electron chi connectivity index (χ3n) is 12.6. The van der Waals surface area contributed by atoms with Gasteiger partial charge in [-0.25, -0.2) is 0 Å². The number of carbonyl (C=O) groups excluding carboxylic acids is 2. The number of allylic oxidation sites excluding steroid dienone is 7. The summed E-state index contributed by atoms with van der Waals surface area (Å²) in [6.45, 7) is 6.71. The molecule has 68 heavy (non-hydrogen) atoms. The van der Waals surface area contributed by atoms with Crippen molar-refractivity contribution in [2.45, 2.75) is 270 Å². The molecule has 0 aliphatic heterocycles. The van der Waals surface area contributed by atoms with Gasteiger partial charge in [0.1, 0.15) is 19.3 Å². The van der Waals surface area contributed by atoms with Gasteiger partial charge in [-0.2, -0.15) is 0 Å². The lowest BCUT2D eigenvalue weighted by Gasteiger charge is -2.30. The Kier molecular flexibility index (Phi) is 47.1. The van der Waals surface area contributed by atoms with Crippen molar-refractivity contribution in [3.05, 3.63) is 48.6 Å². The molecule has 3 unspecified atom stereocenters. The zero-order valence-electron chi connectivity index (χ0n) is 45.3. The van der Waals surface area contributed by atoms with Crippen LogP contribution in [0.15, 0.2) is 48.6 Å². The maximum atomic E-state index is 13.5. The van der Waals surface area contributed by atoms with E-state index in [2.05, 4.69) is 62.5 Å². The van der Waals surface area contributed by atoms with Gasteiger partial charge in [-0.05, 0) is 51.0 Å². The standard InChI is InChI=1S/C58H109N2O7P/c1-7-10-13-16-19-22-25-27-29-31-32-35-38-41-44-47-50-57(61)59-55(54-66-68(63,64)65-53-52-60(4,5)6)56(49-46-43-40-37-34-24-21-18-15-12-9-3)67-58(62)51-48-45-42-39-36-33-30-28-26-23-20-17-14-11-8-2/h11,14,17,20,23,26,46,49,55-56H,7-10,12-13,15-16,18-19,21-22,24-25,27-45,47-48,50-54H2,1-6H3,(H-,59,61,63,64)/b14-11+,20-17+,26-23+,49-46+. The molecule has 0 spiro atoms. The van der Waals surface area contributed by atoms with Gasteiger partial charge in [-0.1, -0.05) is 243 Å². The van der Waals surface area contributed by atoms with Crippen LogP contribution in [0.25, 0.3) is 0 Å². The molecule has 0 bridgehead atoms. The topological polar surface area (TPSA) is 114 Å². The highest BCUT2D eigenvalue weighted by Crippen LogP contribution is 2.38. The van der Waals surface area contributed by atoms with E-state index in [1.54, 1.807) is 0 Å². The maximum Gasteiger partial charge on any atom is 0.306 e. The van der Waals surface area contributed by atoms with Gasteiger partial charge in [0.2, 0.25) is 5.91 Å². The molecule has 0 aliphatic carbocycles. The molecule has 0 aromatic carbocycles. The Morgan fingerprint density at radius 3 is 1.40 bits per heavy atom. The van der Waals surface area contributed by atoms with Crippen molar-refractivity contribution in [3.8, 4) is 0 Å². The van der Waals surface area contributed by atoms with Crippen LogP contribution in [0, 0.1) is 0 Å². The zero-order valence-corrected chi connectivity index (χ0v) is 46.2. The quantitative estimate of drug-likeness (QED) is 0.0161. The summed E-state index contributed by atoms with van der Waals surface area (Å²) in [5, 5.41) is 3.02. The molecule has 0 radical (unpaired) electrons. The van der Waals surface area contributed by atoms with Crippen molar-refractivity contribution in [3.63, 3.8) is 0 Å². The van der Waals surface area contributed by atoms with Crippen LogP contribution in [0.5, 0.6) is 0 Å². The summed E-state index contributed by atoms with van der Waals surface area (Å²) >= 11 is 0. The fraction of sp³-hybridized carbons (Fsp3) is 0.828. The highest BCUT2D eigenvalue weighted by Gasteiger charge is 2.27. The van der Waals surface area contributed by atoms with Crippen molar-refractivity contribution < 1.29 is 37.3 Å². The molecule has 0 heterocycles. The fourth-order valence-corrected chi connectivity index (χ4v) is 8.89. The number of phosphoric ester groups is 1. The van der Waals surface area contributed by atoms with E-state index in [0.717, 1.165) is 77.0 Å². The summed E-state index contributed by atoms with van der Waals surface area (Å²) in [7, 11) is 1.18. The van der Waals surface area contributed by atoms with E-state index in [0.29, 0.717) is 17.4 Å². The average molecular weight is 977 g/mol. The Balaban J connectivity index is 5.32. The predicted molar refractivity (Wildman–Crippen MR) is 289 cm³/mol. The number of quaternary nitrogens is 1. The molecular formula is C58H109N2O7P. The number of ether oxygens (including phenoxy) is 1. The Morgan fingerprint density at radius 2 is 0.941 bits per heavy atom. The number of hydrogen-bond acceptors (Lipinski definition) is 7. The summed E-state index contributed by atoms with van der Waals surface area (Å²) in [4.78, 5) is 39.8. The predicted octanol–water partition coefficient (Wildman–Crippen LogP) is 16.3. The van der Waals surface area contributed by atoms with E-state index in [9.17, 15) is 19.0 Å². The number of unbranched alkanes of at least 4 members (excludes halogenated alkanes) is 31. The molecule has 0 saturated carbocycles. The summed E-state index contributed by atoms with van der Waals surface area (Å²) in [6.07, 6.45) is 57.8. The minimum atomic E-state index is -4.69. The number of carbonyl (C=O) groups is 2. The van der Waals surface area contributed by atoms with Crippen LogP contribution < -0.4 is 10.2 Å². The second-order valence-electron chi connectivity index (χ2n) is 20.5. The number of likely N-dealkylation sites (N-methyl/N-ethyl adjacent to an activating group) is 1. The van der Waals surface area contributed by atoms with Gasteiger partial charge in [0.25, 0.3) is 7.82 Å². The van der Waals surface area contributed by atoms with E-state index in [1.165, 1.54) is 148 Å². The van der Waals surface area contributed by atoms with E-state index >= 15 is 0 Å². The first kappa shape index (κ1) is 66.0. The summed E-state index contributed by atoms with van der Waals surface area (Å²) in [5.74, 6) is -0.549. The largest absolute Gasteiger partial charge is 0.756 e. The Morgan fingerprint density at radius 1 is 0.529 bits per heavy atom. The molecule has 9 nitrogen and oxygen atoms in total. The van der Waals surface area contributed by atoms with Crippen LogP contribution >= 0.6 is 7.82 Å². The van der Waals surface area contributed by atoms with Gasteiger partial charge in [-0.15, -0.1) is 0 Å². The number of amides is 1. The number of nitrogens with one attached hydrogen (secondary N) is 1. The van der Waals surface area contributed by atoms with Gasteiger partial charge in [0, 0.05) is 12.8 Å². The summed E-state index contributed by atoms with van der Waals surface area (Å²) in [6, 6.07) is -0.889. The molecular weight excluding hydrogens is 868 g/mol. The van der Waals surface area contributed by atoms with Crippen LogP contribution in [0.3, 0.4) is 0 Å². The normalized spacial score (nSPS) is 14.2. The van der Waals surface area contributed by atoms with Crippen molar-refractivity contribution in [1.82, 2.24) is 5.32 Å². The van der Waals surface area contributed by atoms with Crippen LogP contribution in [0.2, 0.25) is 0 Å². The number of phosphoric acid groups is 1. The SMILES string of the molecule is CC/C=C/C=C/C=C/CCCCCCCCCC(=O)OC(/C=C/CCCCCCCCCCC)C(COP(=O)([O-])OCC[N+](C)(C)C)NC(=O)CCCCCCCCCCCCCCCCCC. The van der Waals surface area contributed by atoms with Gasteiger partial charge in [0.15, 0.2) is 0 Å². The van der Waals surface area contributed by atoms with Crippen LogP contribution in [-0.4, -0.2) is 69.4 Å². The van der Waals surface area contributed by atoms with Gasteiger partial charge in [-0.3, -0.25) is 14.2 Å². The van der Waals surface area contributed by atoms with Crippen LogP contribution in [0.1, 0.15) is 258 Å². The van der Waals surface area contributed by atoms with Crippen molar-refractivity contribution in [2.75, 3.05) is 40.9 Å². The van der Waals surface area contributed by atoms with Gasteiger partial charge < -0.3 is 28.5 Å². The molecule has 0 saturated heterocycles. The molecule has 0 aliphatic rings. The maximum absolute atomic E-state index is 13.5. The Labute approximate surface area is 420 Å². The summed E-state index contributed by atoms with van der Waals surface area (Å²) < 4.78 is 30.2. The molecule has 0 aromatic heterocycles. The first-order valence-corrected chi connectivity index (χ1v) is 29.9. The van der Waals surface area contributed by atoms with E-state index in [4.69, 9.17) is 13.8 Å². The van der Waals surface area contributed by atoms with Crippen molar-refractivity contribution in [1.29, 1.82) is 0 Å². The highest BCUT2D eigenvalue weighted by molar-refractivity contribution is 7.45. The molecule has 0 fully saturated rings. The van der Waals surface area contributed by atoms with Crippen molar-refractivity contribution >= 4 is 19.7 Å². The second kappa shape index (κ2) is 48.6. The number of rotatable bonds is 51. The van der Waals surface area contributed by atoms with E-state index in [1.807, 2.05) is 33.3 Å². The molecule has 1 amide bonds. The van der Waals surface area contributed by atoms with Gasteiger partial charge >= 0.3 is 5.97 Å². The summed E-state index contributed by atoms with van der Waals surface area (Å²) in [5.41, 5.74) is 0. The van der Waals surface area contributed by atoms with Crippen LogP contribution in [0.4, 0.5) is 0 Å². The van der Waals surface area contributed by atoms with Gasteiger partial charge in [0.05, 0.1) is 33.8 Å². The average Bonchev–Trinajstić information content (AvgIpc) is 3.29. The molecule has 1 N–H and O–H groups in total. The first-order valence-electron chi connectivity index (χ1n) is 28.5. The fourth-order valence-electron chi connectivity index (χ4n) is 8.17. The lowest BCUT2D eigenvalue weighted by atomic mass is 10.0. The third kappa shape index (κ3) is 49.0.